The molecule has 0 aliphatic carbocycles. The summed E-state index contributed by atoms with van der Waals surface area (Å²) in [6.07, 6.45) is 6.00. The second-order valence-electron chi connectivity index (χ2n) is 4.15. The van der Waals surface area contributed by atoms with Gasteiger partial charge in [-0.25, -0.2) is 9.97 Å². The molecule has 4 nitrogen and oxygen atoms in total. The SMILES string of the molecule is Cc1ncc(CNCc2cn3ccccc3n2)s1. The molecule has 0 amide bonds. The standard InChI is InChI=1S/C13H14N4S/c1-10-15-8-12(18-10)7-14-6-11-9-17-5-3-2-4-13(17)16-11/h2-5,8-9,14H,6-7H2,1H3. The van der Waals surface area contributed by atoms with Crippen molar-refractivity contribution in [1.29, 1.82) is 0 Å². The first-order valence-corrected chi connectivity index (χ1v) is 6.67. The van der Waals surface area contributed by atoms with Gasteiger partial charge in [-0.2, -0.15) is 0 Å². The Morgan fingerprint density at radius 3 is 3.06 bits per heavy atom. The van der Waals surface area contributed by atoms with E-state index in [-0.39, 0.29) is 0 Å². The fourth-order valence-corrected chi connectivity index (χ4v) is 2.64. The van der Waals surface area contributed by atoms with Crippen LogP contribution in [0.2, 0.25) is 0 Å². The van der Waals surface area contributed by atoms with Crippen LogP contribution in [0.3, 0.4) is 0 Å². The van der Waals surface area contributed by atoms with Gasteiger partial charge in [-0.15, -0.1) is 11.3 Å². The molecule has 3 heterocycles. The van der Waals surface area contributed by atoms with E-state index in [1.807, 2.05) is 41.9 Å². The fraction of sp³-hybridized carbons (Fsp3) is 0.231. The van der Waals surface area contributed by atoms with Crippen LogP contribution in [0.5, 0.6) is 0 Å². The third kappa shape index (κ3) is 2.42. The molecule has 0 aliphatic rings. The lowest BCUT2D eigenvalue weighted by Crippen LogP contribution is -2.11. The number of nitrogens with zero attached hydrogens (tertiary/aromatic N) is 3. The second kappa shape index (κ2) is 4.88. The van der Waals surface area contributed by atoms with Crippen LogP contribution in [0.1, 0.15) is 15.6 Å². The maximum absolute atomic E-state index is 4.54. The maximum atomic E-state index is 4.54. The smallest absolute Gasteiger partial charge is 0.137 e. The molecule has 18 heavy (non-hydrogen) atoms. The van der Waals surface area contributed by atoms with Crippen molar-refractivity contribution in [2.75, 3.05) is 0 Å². The molecule has 0 radical (unpaired) electrons. The molecule has 0 spiro atoms. The molecule has 0 unspecified atom stereocenters. The minimum absolute atomic E-state index is 0.776. The Labute approximate surface area is 109 Å². The van der Waals surface area contributed by atoms with Gasteiger partial charge in [-0.05, 0) is 19.1 Å². The quantitative estimate of drug-likeness (QED) is 0.781. The lowest BCUT2D eigenvalue weighted by atomic mass is 10.4. The second-order valence-corrected chi connectivity index (χ2v) is 5.47. The number of thiazole rings is 1. The van der Waals surface area contributed by atoms with Crippen LogP contribution in [-0.4, -0.2) is 14.4 Å². The van der Waals surface area contributed by atoms with Crippen LogP contribution in [0.25, 0.3) is 5.65 Å². The van der Waals surface area contributed by atoms with E-state index in [2.05, 4.69) is 21.5 Å². The highest BCUT2D eigenvalue weighted by atomic mass is 32.1. The molecular weight excluding hydrogens is 244 g/mol. The van der Waals surface area contributed by atoms with Gasteiger partial charge in [0.1, 0.15) is 5.65 Å². The van der Waals surface area contributed by atoms with Gasteiger partial charge in [-0.3, -0.25) is 0 Å². The number of imidazole rings is 1. The summed E-state index contributed by atoms with van der Waals surface area (Å²) in [7, 11) is 0. The minimum atomic E-state index is 0.776. The highest BCUT2D eigenvalue weighted by Crippen LogP contribution is 2.11. The predicted molar refractivity (Wildman–Crippen MR) is 72.6 cm³/mol. The number of pyridine rings is 1. The van der Waals surface area contributed by atoms with Gasteiger partial charge >= 0.3 is 0 Å². The first-order valence-electron chi connectivity index (χ1n) is 5.86. The van der Waals surface area contributed by atoms with E-state index in [1.165, 1.54) is 4.88 Å². The van der Waals surface area contributed by atoms with Crippen molar-refractivity contribution >= 4 is 17.0 Å². The molecule has 92 valence electrons. The van der Waals surface area contributed by atoms with Crippen LogP contribution in [0.15, 0.2) is 36.8 Å². The van der Waals surface area contributed by atoms with Gasteiger partial charge in [0.25, 0.3) is 0 Å². The van der Waals surface area contributed by atoms with Crippen molar-refractivity contribution in [3.05, 3.63) is 52.4 Å². The Bertz CT molecular complexity index is 623. The third-order valence-electron chi connectivity index (χ3n) is 2.69. The molecule has 3 aromatic rings. The van der Waals surface area contributed by atoms with Crippen molar-refractivity contribution in [1.82, 2.24) is 19.7 Å². The highest BCUT2D eigenvalue weighted by molar-refractivity contribution is 7.11. The zero-order valence-corrected chi connectivity index (χ0v) is 10.9. The van der Waals surface area contributed by atoms with Crippen LogP contribution in [0, 0.1) is 6.92 Å². The molecule has 3 rings (SSSR count). The van der Waals surface area contributed by atoms with Crippen molar-refractivity contribution in [2.24, 2.45) is 0 Å². The molecule has 1 N–H and O–H groups in total. The Morgan fingerprint density at radius 1 is 1.33 bits per heavy atom. The Balaban J connectivity index is 1.62. The summed E-state index contributed by atoms with van der Waals surface area (Å²) in [5.74, 6) is 0. The summed E-state index contributed by atoms with van der Waals surface area (Å²) in [5, 5.41) is 4.50. The molecule has 0 bridgehead atoms. The molecule has 5 heteroatoms. The lowest BCUT2D eigenvalue weighted by molar-refractivity contribution is 0.689. The van der Waals surface area contributed by atoms with Gasteiger partial charge in [0.15, 0.2) is 0 Å². The number of nitrogens with one attached hydrogen (secondary N) is 1. The van der Waals surface area contributed by atoms with Crippen molar-refractivity contribution in [3.63, 3.8) is 0 Å². The Morgan fingerprint density at radius 2 is 2.28 bits per heavy atom. The van der Waals surface area contributed by atoms with Gasteiger partial charge < -0.3 is 9.72 Å². The van der Waals surface area contributed by atoms with Crippen LogP contribution in [-0.2, 0) is 13.1 Å². The number of hydrogen-bond acceptors (Lipinski definition) is 4. The molecule has 0 atom stereocenters. The highest BCUT2D eigenvalue weighted by Gasteiger charge is 2.01. The topological polar surface area (TPSA) is 42.2 Å². The third-order valence-corrected chi connectivity index (χ3v) is 3.60. The average Bonchev–Trinajstić information content (AvgIpc) is 2.95. The van der Waals surface area contributed by atoms with Crippen LogP contribution in [0.4, 0.5) is 0 Å². The fourth-order valence-electron chi connectivity index (χ4n) is 1.87. The van der Waals surface area contributed by atoms with Crippen LogP contribution >= 0.6 is 11.3 Å². The summed E-state index contributed by atoms with van der Waals surface area (Å²) in [5.41, 5.74) is 2.05. The van der Waals surface area contributed by atoms with Crippen molar-refractivity contribution in [2.45, 2.75) is 20.0 Å². The summed E-state index contributed by atoms with van der Waals surface area (Å²) >= 11 is 1.73. The van der Waals surface area contributed by atoms with Crippen LogP contribution < -0.4 is 5.32 Å². The van der Waals surface area contributed by atoms with E-state index in [1.54, 1.807) is 11.3 Å². The number of rotatable bonds is 4. The molecule has 0 aliphatic heterocycles. The van der Waals surface area contributed by atoms with Crippen molar-refractivity contribution in [3.8, 4) is 0 Å². The zero-order chi connectivity index (χ0) is 12.4. The summed E-state index contributed by atoms with van der Waals surface area (Å²) in [4.78, 5) is 10.0. The molecule has 0 fully saturated rings. The Kier molecular flexibility index (Phi) is 3.08. The first kappa shape index (κ1) is 11.4. The van der Waals surface area contributed by atoms with Gasteiger partial charge in [0.05, 0.1) is 10.7 Å². The monoisotopic (exact) mass is 258 g/mol. The molecule has 0 saturated heterocycles. The lowest BCUT2D eigenvalue weighted by Gasteiger charge is -1.98. The summed E-state index contributed by atoms with van der Waals surface area (Å²) < 4.78 is 2.04. The molecule has 0 aromatic carbocycles. The minimum Gasteiger partial charge on any atom is -0.307 e. The predicted octanol–water partition coefficient (Wildman–Crippen LogP) is 2.39. The van der Waals surface area contributed by atoms with E-state index in [0.29, 0.717) is 0 Å². The molecule has 3 aromatic heterocycles. The van der Waals surface area contributed by atoms with E-state index in [9.17, 15) is 0 Å². The van der Waals surface area contributed by atoms with Gasteiger partial charge in [0.2, 0.25) is 0 Å². The van der Waals surface area contributed by atoms with Crippen molar-refractivity contribution < 1.29 is 0 Å². The number of aromatic nitrogens is 3. The average molecular weight is 258 g/mol. The Hall–Kier alpha value is -1.72. The first-order chi connectivity index (χ1) is 8.81. The van der Waals surface area contributed by atoms with E-state index >= 15 is 0 Å². The van der Waals surface area contributed by atoms with E-state index in [4.69, 9.17) is 0 Å². The number of fused-ring (bicyclic) bond motifs is 1. The van der Waals surface area contributed by atoms with Gasteiger partial charge in [0, 0.05) is 36.6 Å². The number of hydrogen-bond donors (Lipinski definition) is 1. The zero-order valence-electron chi connectivity index (χ0n) is 10.1. The molecular formula is C13H14N4S. The number of aryl methyl sites for hydroxylation is 1. The normalized spacial score (nSPS) is 11.2. The molecule has 0 saturated carbocycles. The van der Waals surface area contributed by atoms with Gasteiger partial charge in [-0.1, -0.05) is 6.07 Å². The summed E-state index contributed by atoms with van der Waals surface area (Å²) in [6.45, 7) is 3.65. The van der Waals surface area contributed by atoms with E-state index in [0.717, 1.165) is 29.4 Å². The van der Waals surface area contributed by atoms with E-state index < -0.39 is 0 Å². The summed E-state index contributed by atoms with van der Waals surface area (Å²) in [6, 6.07) is 6.02. The largest absolute Gasteiger partial charge is 0.307 e. The maximum Gasteiger partial charge on any atom is 0.137 e.